The smallest absolute Gasteiger partial charge is 0.417 e. The molecule has 6 heteroatoms. The Labute approximate surface area is 113 Å². The molecule has 0 amide bonds. The third-order valence-corrected chi connectivity index (χ3v) is 3.36. The summed E-state index contributed by atoms with van der Waals surface area (Å²) in [6.07, 6.45) is -3.09. The van der Waals surface area contributed by atoms with Gasteiger partial charge < -0.3 is 9.67 Å². The Hall–Kier alpha value is -1.98. The molecule has 0 bridgehead atoms. The number of carboxylic acids is 1. The second kappa shape index (κ2) is 4.85. The largest absolute Gasteiger partial charge is 0.481 e. The van der Waals surface area contributed by atoms with E-state index in [1.165, 1.54) is 6.07 Å². The third kappa shape index (κ3) is 2.50. The quantitative estimate of drug-likeness (QED) is 0.932. The molecule has 20 heavy (non-hydrogen) atoms. The molecule has 1 N–H and O–H groups in total. The van der Waals surface area contributed by atoms with Gasteiger partial charge in [0, 0.05) is 24.1 Å². The van der Waals surface area contributed by atoms with E-state index in [1.54, 1.807) is 30.8 Å². The summed E-state index contributed by atoms with van der Waals surface area (Å²) in [5.41, 5.74) is 0.146. The normalized spacial score (nSPS) is 13.7. The van der Waals surface area contributed by atoms with E-state index in [1.807, 2.05) is 0 Å². The predicted molar refractivity (Wildman–Crippen MR) is 68.6 cm³/mol. The van der Waals surface area contributed by atoms with Crippen LogP contribution in [0.2, 0.25) is 0 Å². The van der Waals surface area contributed by atoms with E-state index in [0.29, 0.717) is 11.1 Å². The molecular weight excluding hydrogens is 271 g/mol. The highest BCUT2D eigenvalue weighted by atomic mass is 19.4. The van der Waals surface area contributed by atoms with Crippen molar-refractivity contribution in [2.45, 2.75) is 25.4 Å². The lowest BCUT2D eigenvalue weighted by Crippen LogP contribution is -2.08. The number of carboxylic acid groups (broad SMARTS) is 1. The monoisotopic (exact) mass is 285 g/mol. The van der Waals surface area contributed by atoms with Crippen molar-refractivity contribution in [1.29, 1.82) is 0 Å². The van der Waals surface area contributed by atoms with E-state index in [9.17, 15) is 18.0 Å². The summed E-state index contributed by atoms with van der Waals surface area (Å²) in [6.45, 7) is 1.62. The van der Waals surface area contributed by atoms with E-state index < -0.39 is 23.6 Å². The molecule has 1 heterocycles. The van der Waals surface area contributed by atoms with Crippen molar-refractivity contribution in [1.82, 2.24) is 4.57 Å². The van der Waals surface area contributed by atoms with Crippen LogP contribution in [-0.4, -0.2) is 15.6 Å². The molecule has 2 rings (SSSR count). The topological polar surface area (TPSA) is 42.2 Å². The summed E-state index contributed by atoms with van der Waals surface area (Å²) in [4.78, 5) is 10.8. The van der Waals surface area contributed by atoms with Crippen LogP contribution in [0.1, 0.15) is 30.4 Å². The van der Waals surface area contributed by atoms with Gasteiger partial charge in [-0.05, 0) is 23.6 Å². The fraction of sp³-hybridized carbons (Fsp3) is 0.357. The van der Waals surface area contributed by atoms with Gasteiger partial charge in [0.15, 0.2) is 0 Å². The number of rotatable bonds is 3. The van der Waals surface area contributed by atoms with Gasteiger partial charge in [0.25, 0.3) is 0 Å². The standard InChI is InChI=1S/C14H14F3NO2/c1-8(6-12(19)20)9-7-18(2)11-5-3-4-10(13(9)11)14(15,16)17/h3-5,7-8H,6H2,1-2H3,(H,19,20). The molecule has 0 spiro atoms. The number of benzene rings is 1. The van der Waals surface area contributed by atoms with Crippen LogP contribution in [0.4, 0.5) is 13.2 Å². The lowest BCUT2D eigenvalue weighted by Gasteiger charge is -2.12. The van der Waals surface area contributed by atoms with E-state index in [2.05, 4.69) is 0 Å². The van der Waals surface area contributed by atoms with E-state index in [0.717, 1.165) is 6.07 Å². The van der Waals surface area contributed by atoms with E-state index in [-0.39, 0.29) is 11.8 Å². The van der Waals surface area contributed by atoms with Crippen molar-refractivity contribution in [2.75, 3.05) is 0 Å². The summed E-state index contributed by atoms with van der Waals surface area (Å²) in [7, 11) is 1.65. The van der Waals surface area contributed by atoms with E-state index >= 15 is 0 Å². The van der Waals surface area contributed by atoms with Crippen molar-refractivity contribution in [3.8, 4) is 0 Å². The number of nitrogens with zero attached hydrogens (tertiary/aromatic N) is 1. The first-order valence-corrected chi connectivity index (χ1v) is 6.08. The number of carbonyl (C=O) groups is 1. The highest BCUT2D eigenvalue weighted by Gasteiger charge is 2.34. The molecule has 0 radical (unpaired) electrons. The van der Waals surface area contributed by atoms with Gasteiger partial charge in [0.2, 0.25) is 0 Å². The summed E-state index contributed by atoms with van der Waals surface area (Å²) >= 11 is 0. The van der Waals surface area contributed by atoms with Gasteiger partial charge in [-0.2, -0.15) is 13.2 Å². The van der Waals surface area contributed by atoms with Crippen LogP contribution in [0.5, 0.6) is 0 Å². The maximum Gasteiger partial charge on any atom is 0.417 e. The van der Waals surface area contributed by atoms with Gasteiger partial charge >= 0.3 is 12.1 Å². The molecule has 0 aliphatic rings. The average molecular weight is 285 g/mol. The van der Waals surface area contributed by atoms with Gasteiger partial charge in [0.05, 0.1) is 12.0 Å². The molecule has 0 fully saturated rings. The molecule has 0 saturated heterocycles. The van der Waals surface area contributed by atoms with Crippen molar-refractivity contribution in [3.63, 3.8) is 0 Å². The number of hydrogen-bond acceptors (Lipinski definition) is 1. The zero-order chi connectivity index (χ0) is 15.1. The number of aliphatic carboxylic acids is 1. The lowest BCUT2D eigenvalue weighted by atomic mass is 9.94. The minimum Gasteiger partial charge on any atom is -0.481 e. The van der Waals surface area contributed by atoms with Gasteiger partial charge in [-0.3, -0.25) is 4.79 Å². The van der Waals surface area contributed by atoms with Crippen LogP contribution in [0.3, 0.4) is 0 Å². The zero-order valence-electron chi connectivity index (χ0n) is 11.0. The van der Waals surface area contributed by atoms with E-state index in [4.69, 9.17) is 5.11 Å². The fourth-order valence-electron chi connectivity index (χ4n) is 2.46. The van der Waals surface area contributed by atoms with Gasteiger partial charge in [-0.1, -0.05) is 13.0 Å². The highest BCUT2D eigenvalue weighted by molar-refractivity contribution is 5.88. The van der Waals surface area contributed by atoms with Crippen LogP contribution in [-0.2, 0) is 18.0 Å². The number of hydrogen-bond donors (Lipinski definition) is 1. The third-order valence-electron chi connectivity index (χ3n) is 3.36. The SMILES string of the molecule is CC(CC(=O)O)c1cn(C)c2cccc(C(F)(F)F)c12. The van der Waals surface area contributed by atoms with Gasteiger partial charge in [-0.15, -0.1) is 0 Å². The Bertz CT molecular complexity index is 658. The van der Waals surface area contributed by atoms with Crippen molar-refractivity contribution in [2.24, 2.45) is 7.05 Å². The summed E-state index contributed by atoms with van der Waals surface area (Å²) in [5.74, 6) is -1.52. The average Bonchev–Trinajstić information content (AvgIpc) is 2.65. The molecule has 1 aromatic heterocycles. The van der Waals surface area contributed by atoms with Crippen molar-refractivity contribution < 1.29 is 23.1 Å². The van der Waals surface area contributed by atoms with Crippen LogP contribution in [0.15, 0.2) is 24.4 Å². The molecular formula is C14H14F3NO2. The van der Waals surface area contributed by atoms with Crippen molar-refractivity contribution in [3.05, 3.63) is 35.5 Å². The second-order valence-electron chi connectivity index (χ2n) is 4.89. The maximum absolute atomic E-state index is 13.1. The molecule has 2 aromatic rings. The molecule has 0 aliphatic carbocycles. The maximum atomic E-state index is 13.1. The van der Waals surface area contributed by atoms with Crippen LogP contribution in [0.25, 0.3) is 10.9 Å². The highest BCUT2D eigenvalue weighted by Crippen LogP contribution is 2.39. The minimum atomic E-state index is -4.46. The number of halogens is 3. The van der Waals surface area contributed by atoms with Gasteiger partial charge in [-0.25, -0.2) is 0 Å². The van der Waals surface area contributed by atoms with Crippen LogP contribution >= 0.6 is 0 Å². The number of aromatic nitrogens is 1. The first kappa shape index (κ1) is 14.4. The van der Waals surface area contributed by atoms with Crippen LogP contribution < -0.4 is 0 Å². The fourth-order valence-corrected chi connectivity index (χ4v) is 2.46. The number of fused-ring (bicyclic) bond motifs is 1. The second-order valence-corrected chi connectivity index (χ2v) is 4.89. The molecule has 108 valence electrons. The molecule has 3 nitrogen and oxygen atoms in total. The molecule has 1 aromatic carbocycles. The first-order chi connectivity index (χ1) is 9.21. The molecule has 1 unspecified atom stereocenters. The zero-order valence-corrected chi connectivity index (χ0v) is 11.0. The lowest BCUT2D eigenvalue weighted by molar-refractivity contribution is -0.137. The Morgan fingerprint density at radius 1 is 1.40 bits per heavy atom. The Kier molecular flexibility index (Phi) is 3.50. The molecule has 0 saturated carbocycles. The van der Waals surface area contributed by atoms with Crippen molar-refractivity contribution >= 4 is 16.9 Å². The molecule has 1 atom stereocenters. The number of alkyl halides is 3. The summed E-state index contributed by atoms with van der Waals surface area (Å²) in [6, 6.07) is 3.98. The van der Waals surface area contributed by atoms with Gasteiger partial charge in [0.1, 0.15) is 0 Å². The Morgan fingerprint density at radius 2 is 2.05 bits per heavy atom. The molecule has 0 aliphatic heterocycles. The Balaban J connectivity index is 2.69. The first-order valence-electron chi connectivity index (χ1n) is 6.08. The predicted octanol–water partition coefficient (Wildman–Crippen LogP) is 3.78. The summed E-state index contributed by atoms with van der Waals surface area (Å²) in [5, 5.41) is 8.92. The summed E-state index contributed by atoms with van der Waals surface area (Å²) < 4.78 is 40.9. The van der Waals surface area contributed by atoms with Crippen LogP contribution in [0, 0.1) is 0 Å². The Morgan fingerprint density at radius 3 is 2.60 bits per heavy atom. The number of aryl methyl sites for hydroxylation is 1. The minimum absolute atomic E-state index is 0.0938.